The first-order valence-electron chi connectivity index (χ1n) is 7.75. The van der Waals surface area contributed by atoms with E-state index < -0.39 is 29.9 Å². The van der Waals surface area contributed by atoms with Gasteiger partial charge >= 0.3 is 5.97 Å². The summed E-state index contributed by atoms with van der Waals surface area (Å²) in [6, 6.07) is 10.0. The second-order valence-electron chi connectivity index (χ2n) is 5.52. The summed E-state index contributed by atoms with van der Waals surface area (Å²) in [5, 5.41) is 14.0. The molecule has 0 saturated heterocycles. The maximum atomic E-state index is 12.4. The van der Waals surface area contributed by atoms with Crippen molar-refractivity contribution in [2.45, 2.75) is 25.4 Å². The Labute approximate surface area is 145 Å². The largest absolute Gasteiger partial charge is 0.480 e. The van der Waals surface area contributed by atoms with Gasteiger partial charge in [0.25, 0.3) is 5.91 Å². The molecular weight excluding hydrogens is 322 g/mol. The third-order valence-corrected chi connectivity index (χ3v) is 3.58. The van der Waals surface area contributed by atoms with Gasteiger partial charge in [0.2, 0.25) is 5.91 Å². The molecule has 130 valence electrons. The summed E-state index contributed by atoms with van der Waals surface area (Å²) in [6.45, 7) is 1.36. The number of benzene rings is 1. The van der Waals surface area contributed by atoms with E-state index in [1.165, 1.54) is 6.92 Å². The van der Waals surface area contributed by atoms with Crippen LogP contribution in [0.15, 0.2) is 54.9 Å². The molecule has 0 spiro atoms. The second kappa shape index (κ2) is 8.58. The molecule has 0 saturated carbocycles. The molecule has 1 heterocycles. The summed E-state index contributed by atoms with van der Waals surface area (Å²) < 4.78 is 0. The molecule has 2 atom stereocenters. The van der Waals surface area contributed by atoms with Crippen molar-refractivity contribution in [1.29, 1.82) is 0 Å². The number of hydrogen-bond acceptors (Lipinski definition) is 4. The van der Waals surface area contributed by atoms with Gasteiger partial charge in [0.1, 0.15) is 12.1 Å². The lowest BCUT2D eigenvalue weighted by Gasteiger charge is -2.20. The maximum Gasteiger partial charge on any atom is 0.325 e. The van der Waals surface area contributed by atoms with E-state index in [1.807, 2.05) is 0 Å². The van der Waals surface area contributed by atoms with Crippen LogP contribution in [-0.4, -0.2) is 40.0 Å². The smallest absolute Gasteiger partial charge is 0.325 e. The molecule has 7 nitrogen and oxygen atoms in total. The molecule has 2 rings (SSSR count). The normalized spacial score (nSPS) is 12.7. The quantitative estimate of drug-likeness (QED) is 0.696. The molecule has 1 unspecified atom stereocenters. The third kappa shape index (κ3) is 5.42. The standard InChI is InChI=1S/C18H19N3O4/c1-12(18(24)25)20-17(23)15(11-13-7-9-19-10-8-13)21-16(22)14-5-3-2-4-6-14/h2-10,12,15H,11H2,1H3,(H,20,23)(H,21,22)(H,24,25)/t12-,15?/m0/s1. The fourth-order valence-electron chi connectivity index (χ4n) is 2.17. The molecule has 7 heteroatoms. The van der Waals surface area contributed by atoms with Crippen LogP contribution in [-0.2, 0) is 16.0 Å². The number of aromatic nitrogens is 1. The molecule has 0 aliphatic carbocycles. The van der Waals surface area contributed by atoms with Gasteiger partial charge in [0.15, 0.2) is 0 Å². The van der Waals surface area contributed by atoms with Crippen molar-refractivity contribution >= 4 is 17.8 Å². The van der Waals surface area contributed by atoms with Gasteiger partial charge in [0, 0.05) is 24.4 Å². The molecule has 0 aliphatic heterocycles. The van der Waals surface area contributed by atoms with Gasteiger partial charge < -0.3 is 15.7 Å². The van der Waals surface area contributed by atoms with Gasteiger partial charge in [-0.05, 0) is 36.8 Å². The van der Waals surface area contributed by atoms with Gasteiger partial charge in [-0.25, -0.2) is 0 Å². The van der Waals surface area contributed by atoms with Gasteiger partial charge in [-0.1, -0.05) is 18.2 Å². The van der Waals surface area contributed by atoms with Crippen molar-refractivity contribution in [1.82, 2.24) is 15.6 Å². The number of carbonyl (C=O) groups excluding carboxylic acids is 2. The Balaban J connectivity index is 2.15. The van der Waals surface area contributed by atoms with Crippen LogP contribution in [0.4, 0.5) is 0 Å². The zero-order valence-corrected chi connectivity index (χ0v) is 13.7. The van der Waals surface area contributed by atoms with E-state index in [0.717, 1.165) is 5.56 Å². The fraction of sp³-hybridized carbons (Fsp3) is 0.222. The minimum absolute atomic E-state index is 0.221. The minimum atomic E-state index is -1.15. The van der Waals surface area contributed by atoms with E-state index in [1.54, 1.807) is 54.9 Å². The topological polar surface area (TPSA) is 108 Å². The summed E-state index contributed by atoms with van der Waals surface area (Å²) in [7, 11) is 0. The summed E-state index contributed by atoms with van der Waals surface area (Å²) >= 11 is 0. The number of nitrogens with one attached hydrogen (secondary N) is 2. The van der Waals surface area contributed by atoms with Crippen molar-refractivity contribution in [3.63, 3.8) is 0 Å². The monoisotopic (exact) mass is 341 g/mol. The zero-order chi connectivity index (χ0) is 18.2. The molecule has 1 aromatic heterocycles. The Morgan fingerprint density at radius 2 is 1.68 bits per heavy atom. The minimum Gasteiger partial charge on any atom is -0.480 e. The molecule has 2 aromatic rings. The lowest BCUT2D eigenvalue weighted by Crippen LogP contribution is -2.51. The van der Waals surface area contributed by atoms with E-state index in [4.69, 9.17) is 5.11 Å². The van der Waals surface area contributed by atoms with Gasteiger partial charge in [0.05, 0.1) is 0 Å². The number of carbonyl (C=O) groups is 3. The van der Waals surface area contributed by atoms with Crippen LogP contribution in [0.5, 0.6) is 0 Å². The van der Waals surface area contributed by atoms with E-state index in [-0.39, 0.29) is 6.42 Å². The maximum absolute atomic E-state index is 12.4. The lowest BCUT2D eigenvalue weighted by molar-refractivity contribution is -0.141. The first-order valence-corrected chi connectivity index (χ1v) is 7.75. The number of pyridine rings is 1. The highest BCUT2D eigenvalue weighted by atomic mass is 16.4. The molecule has 1 aromatic carbocycles. The molecule has 25 heavy (non-hydrogen) atoms. The fourth-order valence-corrected chi connectivity index (χ4v) is 2.17. The van der Waals surface area contributed by atoms with Gasteiger partial charge in [-0.3, -0.25) is 19.4 Å². The van der Waals surface area contributed by atoms with Crippen molar-refractivity contribution < 1.29 is 19.5 Å². The first-order chi connectivity index (χ1) is 12.0. The number of aliphatic carboxylic acids is 1. The molecular formula is C18H19N3O4. The van der Waals surface area contributed by atoms with Crippen molar-refractivity contribution in [2.75, 3.05) is 0 Å². The summed E-state index contributed by atoms with van der Waals surface area (Å²) in [4.78, 5) is 39.6. The number of amides is 2. The van der Waals surface area contributed by atoms with Crippen LogP contribution in [0, 0.1) is 0 Å². The summed E-state index contributed by atoms with van der Waals surface area (Å²) in [5.74, 6) is -2.11. The number of hydrogen-bond donors (Lipinski definition) is 3. The third-order valence-electron chi connectivity index (χ3n) is 3.58. The molecule has 0 bridgehead atoms. The van der Waals surface area contributed by atoms with Crippen LogP contribution < -0.4 is 10.6 Å². The Morgan fingerprint density at radius 1 is 1.04 bits per heavy atom. The number of rotatable bonds is 7. The van der Waals surface area contributed by atoms with Crippen LogP contribution in [0.25, 0.3) is 0 Å². The predicted octanol–water partition coefficient (Wildman–Crippen LogP) is 1.01. The van der Waals surface area contributed by atoms with Gasteiger partial charge in [-0.2, -0.15) is 0 Å². The molecule has 2 amide bonds. The molecule has 3 N–H and O–H groups in total. The summed E-state index contributed by atoms with van der Waals surface area (Å²) in [6.07, 6.45) is 3.39. The van der Waals surface area contributed by atoms with E-state index in [2.05, 4.69) is 15.6 Å². The highest BCUT2D eigenvalue weighted by Gasteiger charge is 2.24. The van der Waals surface area contributed by atoms with Crippen molar-refractivity contribution in [3.8, 4) is 0 Å². The number of carboxylic acids is 1. The van der Waals surface area contributed by atoms with Crippen LogP contribution in [0.3, 0.4) is 0 Å². The Hall–Kier alpha value is -3.22. The van der Waals surface area contributed by atoms with Crippen LogP contribution in [0.2, 0.25) is 0 Å². The average molecular weight is 341 g/mol. The van der Waals surface area contributed by atoms with Crippen LogP contribution in [0.1, 0.15) is 22.8 Å². The van der Waals surface area contributed by atoms with E-state index >= 15 is 0 Å². The second-order valence-corrected chi connectivity index (χ2v) is 5.52. The highest BCUT2D eigenvalue weighted by Crippen LogP contribution is 2.05. The lowest BCUT2D eigenvalue weighted by atomic mass is 10.1. The van der Waals surface area contributed by atoms with Gasteiger partial charge in [-0.15, -0.1) is 0 Å². The first kappa shape index (κ1) is 18.1. The van der Waals surface area contributed by atoms with Crippen LogP contribution >= 0.6 is 0 Å². The molecule has 0 fully saturated rings. The number of nitrogens with zero attached hydrogens (tertiary/aromatic N) is 1. The van der Waals surface area contributed by atoms with Crippen molar-refractivity contribution in [2.24, 2.45) is 0 Å². The SMILES string of the molecule is C[C@H](NC(=O)C(Cc1ccncc1)NC(=O)c1ccccc1)C(=O)O. The van der Waals surface area contributed by atoms with E-state index in [9.17, 15) is 14.4 Å². The highest BCUT2D eigenvalue weighted by molar-refractivity contribution is 5.98. The Bertz CT molecular complexity index is 735. The van der Waals surface area contributed by atoms with Crippen molar-refractivity contribution in [3.05, 3.63) is 66.0 Å². The predicted molar refractivity (Wildman–Crippen MR) is 90.9 cm³/mol. The molecule has 0 aliphatic rings. The van der Waals surface area contributed by atoms with E-state index in [0.29, 0.717) is 5.56 Å². The Morgan fingerprint density at radius 3 is 2.28 bits per heavy atom. The zero-order valence-electron chi connectivity index (χ0n) is 13.7. The average Bonchev–Trinajstić information content (AvgIpc) is 2.62. The Kier molecular flexibility index (Phi) is 6.22. The number of carboxylic acid groups (broad SMARTS) is 1. The molecule has 0 radical (unpaired) electrons. The summed E-state index contributed by atoms with van der Waals surface area (Å²) in [5.41, 5.74) is 1.22.